The second kappa shape index (κ2) is 6.47. The van der Waals surface area contributed by atoms with Gasteiger partial charge in [0.1, 0.15) is 0 Å². The van der Waals surface area contributed by atoms with Gasteiger partial charge >= 0.3 is 0 Å². The molecule has 0 heterocycles. The lowest BCUT2D eigenvalue weighted by Gasteiger charge is -2.05. The summed E-state index contributed by atoms with van der Waals surface area (Å²) < 4.78 is 25.9. The maximum atomic E-state index is 13.0. The van der Waals surface area contributed by atoms with E-state index in [0.717, 1.165) is 12.0 Å². The third-order valence-corrected chi connectivity index (χ3v) is 7.31. The van der Waals surface area contributed by atoms with Crippen molar-refractivity contribution in [3.8, 4) is 0 Å². The number of halogens is 1. The largest absolute Gasteiger partial charge is 0.393 e. The summed E-state index contributed by atoms with van der Waals surface area (Å²) in [5.41, 5.74) is 7.99. The van der Waals surface area contributed by atoms with Crippen molar-refractivity contribution in [1.29, 1.82) is 0 Å². The number of aryl methyl sites for hydroxylation is 1. The van der Waals surface area contributed by atoms with E-state index in [9.17, 15) is 8.42 Å². The van der Waals surface area contributed by atoms with Crippen LogP contribution in [0, 0.1) is 5.92 Å². The predicted molar refractivity (Wildman–Crippen MR) is 101 cm³/mol. The molecule has 0 unspecified atom stereocenters. The molecule has 1 fully saturated rings. The molecule has 6 heteroatoms. The number of thiocarbonyl (C=S) groups is 1. The van der Waals surface area contributed by atoms with Crippen molar-refractivity contribution >= 4 is 38.6 Å². The molecule has 2 aromatic rings. The van der Waals surface area contributed by atoms with Crippen LogP contribution in [0.3, 0.4) is 0 Å². The first-order chi connectivity index (χ1) is 11.4. The lowest BCUT2D eigenvalue weighted by molar-refractivity contribution is 0.593. The minimum absolute atomic E-state index is 0.186. The van der Waals surface area contributed by atoms with Gasteiger partial charge in [0, 0.05) is 16.9 Å². The zero-order chi connectivity index (χ0) is 17.5. The van der Waals surface area contributed by atoms with Gasteiger partial charge in [-0.1, -0.05) is 55.0 Å². The molecule has 0 amide bonds. The van der Waals surface area contributed by atoms with Crippen molar-refractivity contribution in [1.82, 2.24) is 0 Å². The molecule has 1 aliphatic rings. The van der Waals surface area contributed by atoms with Crippen LogP contribution in [0.5, 0.6) is 0 Å². The topological polar surface area (TPSA) is 60.2 Å². The van der Waals surface area contributed by atoms with Crippen molar-refractivity contribution in [3.05, 3.63) is 64.7 Å². The molecule has 0 spiro atoms. The van der Waals surface area contributed by atoms with Gasteiger partial charge in [0.15, 0.2) is 9.84 Å². The maximum Gasteiger partial charge on any atom is 0.182 e. The molecule has 0 saturated heterocycles. The summed E-state index contributed by atoms with van der Waals surface area (Å²) in [6.07, 6.45) is 0.941. The fraction of sp³-hybridized carbons (Fsp3) is 0.278. The summed E-state index contributed by atoms with van der Waals surface area (Å²) in [6.45, 7) is 2.08. The Morgan fingerprint density at radius 3 is 2.21 bits per heavy atom. The average Bonchev–Trinajstić information content (AvgIpc) is 3.32. The van der Waals surface area contributed by atoms with Crippen molar-refractivity contribution in [2.75, 3.05) is 0 Å². The van der Waals surface area contributed by atoms with E-state index in [-0.39, 0.29) is 21.7 Å². The van der Waals surface area contributed by atoms with E-state index in [1.807, 2.05) is 24.3 Å². The monoisotopic (exact) mass is 379 g/mol. The van der Waals surface area contributed by atoms with Gasteiger partial charge in [-0.2, -0.15) is 0 Å². The molecule has 1 saturated carbocycles. The third-order valence-electron chi connectivity index (χ3n) is 4.56. The fourth-order valence-corrected chi connectivity index (χ4v) is 5.82. The highest BCUT2D eigenvalue weighted by molar-refractivity contribution is 7.92. The normalized spacial score (nSPS) is 23.0. The number of rotatable bonds is 5. The van der Waals surface area contributed by atoms with Crippen molar-refractivity contribution in [2.24, 2.45) is 11.7 Å². The van der Waals surface area contributed by atoms with Crippen molar-refractivity contribution in [2.45, 2.75) is 29.4 Å². The number of hydrogen-bond donors (Lipinski definition) is 1. The Kier molecular flexibility index (Phi) is 4.69. The summed E-state index contributed by atoms with van der Waals surface area (Å²) in [5.74, 6) is -0.512. The van der Waals surface area contributed by atoms with Crippen LogP contribution in [0.2, 0.25) is 5.02 Å². The van der Waals surface area contributed by atoms with Crippen LogP contribution < -0.4 is 5.73 Å². The van der Waals surface area contributed by atoms with Crippen molar-refractivity contribution < 1.29 is 8.42 Å². The average molecular weight is 380 g/mol. The fourth-order valence-electron chi connectivity index (χ4n) is 3.16. The molecule has 126 valence electrons. The molecular weight excluding hydrogens is 362 g/mol. The molecule has 0 aromatic heterocycles. The van der Waals surface area contributed by atoms with Gasteiger partial charge in [-0.3, -0.25) is 0 Å². The van der Waals surface area contributed by atoms with E-state index in [1.54, 1.807) is 12.1 Å². The van der Waals surface area contributed by atoms with E-state index in [4.69, 9.17) is 29.6 Å². The highest BCUT2D eigenvalue weighted by atomic mass is 35.5. The quantitative estimate of drug-likeness (QED) is 0.804. The lowest BCUT2D eigenvalue weighted by atomic mass is 10.1. The zero-order valence-electron chi connectivity index (χ0n) is 13.1. The van der Waals surface area contributed by atoms with Gasteiger partial charge in [-0.15, -0.1) is 0 Å². The van der Waals surface area contributed by atoms with Crippen LogP contribution in [0.15, 0.2) is 53.4 Å². The van der Waals surface area contributed by atoms with Crippen LogP contribution in [-0.4, -0.2) is 18.7 Å². The smallest absolute Gasteiger partial charge is 0.182 e. The first kappa shape index (κ1) is 17.4. The van der Waals surface area contributed by atoms with Gasteiger partial charge in [-0.25, -0.2) is 8.42 Å². The number of hydrogen-bond acceptors (Lipinski definition) is 3. The Labute approximate surface area is 152 Å². The Bertz CT molecular complexity index is 861. The van der Waals surface area contributed by atoms with Gasteiger partial charge in [0.25, 0.3) is 0 Å². The Morgan fingerprint density at radius 1 is 1.12 bits per heavy atom. The lowest BCUT2D eigenvalue weighted by Crippen LogP contribution is -2.17. The van der Waals surface area contributed by atoms with Gasteiger partial charge in [-0.05, 0) is 41.8 Å². The van der Waals surface area contributed by atoms with Gasteiger partial charge in [0.05, 0.1) is 15.1 Å². The van der Waals surface area contributed by atoms with Crippen LogP contribution in [0.1, 0.15) is 24.0 Å². The zero-order valence-corrected chi connectivity index (χ0v) is 15.5. The van der Waals surface area contributed by atoms with Crippen molar-refractivity contribution in [3.63, 3.8) is 0 Å². The Morgan fingerprint density at radius 2 is 1.71 bits per heavy atom. The number of nitrogens with two attached hydrogens (primary N) is 1. The molecule has 0 aliphatic heterocycles. The van der Waals surface area contributed by atoms with E-state index in [2.05, 4.69) is 6.92 Å². The molecule has 24 heavy (non-hydrogen) atoms. The van der Waals surface area contributed by atoms with E-state index < -0.39 is 15.1 Å². The Balaban J connectivity index is 1.96. The summed E-state index contributed by atoms with van der Waals surface area (Å²) in [4.78, 5) is 0.507. The minimum Gasteiger partial charge on any atom is -0.393 e. The first-order valence-corrected chi connectivity index (χ1v) is 10.1. The molecular formula is C18H18ClNO2S2. The number of benzene rings is 2. The standard InChI is InChI=1S/C18H18ClNO2S2/c1-2-11-3-5-12(6-4-11)15-16(18(20)23)17(15)24(21,22)14-9-7-13(19)8-10-14/h3-10,15-17H,2H2,1H3,(H2,20,23)/t15-,16+,17+/m0/s1. The van der Waals surface area contributed by atoms with E-state index in [1.165, 1.54) is 17.7 Å². The minimum atomic E-state index is -3.52. The summed E-state index contributed by atoms with van der Waals surface area (Å²) in [5, 5.41) is -0.106. The second-order valence-corrected chi connectivity index (χ2v) is 9.03. The summed E-state index contributed by atoms with van der Waals surface area (Å²) >= 11 is 11.0. The molecule has 0 radical (unpaired) electrons. The molecule has 1 aliphatic carbocycles. The molecule has 0 bridgehead atoms. The van der Waals surface area contributed by atoms with Gasteiger partial charge in [0.2, 0.25) is 0 Å². The predicted octanol–water partition coefficient (Wildman–Crippen LogP) is 3.74. The molecule has 3 rings (SSSR count). The van der Waals surface area contributed by atoms with Crippen LogP contribution in [0.25, 0.3) is 0 Å². The molecule has 3 atom stereocenters. The third kappa shape index (κ3) is 3.08. The molecule has 2 aromatic carbocycles. The first-order valence-electron chi connectivity index (χ1n) is 7.74. The van der Waals surface area contributed by atoms with E-state index in [0.29, 0.717) is 5.02 Å². The summed E-state index contributed by atoms with van der Waals surface area (Å²) in [6, 6.07) is 14.2. The van der Waals surface area contributed by atoms with Crippen LogP contribution in [0.4, 0.5) is 0 Å². The van der Waals surface area contributed by atoms with Crippen LogP contribution in [-0.2, 0) is 16.3 Å². The molecule has 3 nitrogen and oxygen atoms in total. The highest BCUT2D eigenvalue weighted by Gasteiger charge is 2.60. The molecule has 2 N–H and O–H groups in total. The van der Waals surface area contributed by atoms with Gasteiger partial charge < -0.3 is 5.73 Å². The Hall–Kier alpha value is -1.43. The van der Waals surface area contributed by atoms with E-state index >= 15 is 0 Å². The maximum absolute atomic E-state index is 13.0. The van der Waals surface area contributed by atoms with Crippen LogP contribution >= 0.6 is 23.8 Å². The number of sulfone groups is 1. The SMILES string of the molecule is CCc1ccc([C@H]2[C@@H](C(N)=S)[C@@H]2S(=O)(=O)c2ccc(Cl)cc2)cc1. The highest BCUT2D eigenvalue weighted by Crippen LogP contribution is 2.54. The summed E-state index contributed by atoms with van der Waals surface area (Å²) in [7, 11) is -3.52. The second-order valence-electron chi connectivity index (χ2n) is 6.01.